The number of rotatable bonds is 12. The highest BCUT2D eigenvalue weighted by Crippen LogP contribution is 2.36. The van der Waals surface area contributed by atoms with Crippen molar-refractivity contribution in [2.45, 2.75) is 70.6 Å². The van der Waals surface area contributed by atoms with Gasteiger partial charge in [0.1, 0.15) is 29.2 Å². The molecule has 4 unspecified atom stereocenters. The number of fused-ring (bicyclic) bond motifs is 1. The summed E-state index contributed by atoms with van der Waals surface area (Å²) in [6, 6.07) is 20.5. The number of oxazole rings is 1. The molecule has 5 heterocycles. The summed E-state index contributed by atoms with van der Waals surface area (Å²) in [6.07, 6.45) is 6.05. The topological polar surface area (TPSA) is 203 Å². The Morgan fingerprint density at radius 2 is 1.41 bits per heavy atom. The zero-order valence-corrected chi connectivity index (χ0v) is 34.6. The molecule has 16 heteroatoms. The predicted octanol–water partition coefficient (Wildman–Crippen LogP) is 7.04. The number of likely N-dealkylation sites (tertiary alicyclic amines) is 2. The van der Waals surface area contributed by atoms with E-state index < -0.39 is 24.2 Å². The van der Waals surface area contributed by atoms with Gasteiger partial charge in [0, 0.05) is 30.8 Å². The number of nitrogens with zero attached hydrogens (tertiary/aromatic N) is 5. The highest BCUT2D eigenvalue weighted by molar-refractivity contribution is 5.89. The molecule has 2 saturated heterocycles. The lowest BCUT2D eigenvalue weighted by atomic mass is 10.0. The first kappa shape index (κ1) is 40.8. The third-order valence-electron chi connectivity index (χ3n) is 11.4. The Kier molecular flexibility index (Phi) is 11.8. The maximum atomic E-state index is 14.0. The van der Waals surface area contributed by atoms with Crippen LogP contribution >= 0.6 is 0 Å². The lowest BCUT2D eigenvalue weighted by molar-refractivity contribution is -0.135. The van der Waals surface area contributed by atoms with Crippen LogP contribution in [0.4, 0.5) is 9.59 Å². The Balaban J connectivity index is 0.951. The van der Waals surface area contributed by atoms with E-state index in [-0.39, 0.29) is 29.8 Å². The quantitative estimate of drug-likeness (QED) is 0.0857. The van der Waals surface area contributed by atoms with Gasteiger partial charge in [-0.2, -0.15) is 0 Å². The molecular weight excluding hydrogens is 777 g/mol. The normalized spacial score (nSPS) is 17.4. The van der Waals surface area contributed by atoms with E-state index in [1.54, 1.807) is 22.2 Å². The van der Waals surface area contributed by atoms with Crippen molar-refractivity contribution in [1.29, 1.82) is 0 Å². The molecule has 3 aromatic carbocycles. The SMILES string of the molecule is CCNC(=O)NC(C(=O)N1CCCC1c1ncc(-c2ccc3nc(-c4ccc(-c5cnc(C6CCCN6C(=O)C(NC(=O)OC)C(C)C)[nH]5)cc4)oc3c2)[nH]1)c1ccccc1. The Labute approximate surface area is 352 Å². The lowest BCUT2D eigenvalue weighted by Crippen LogP contribution is -2.51. The Morgan fingerprint density at radius 1 is 0.803 bits per heavy atom. The third kappa shape index (κ3) is 8.56. The Bertz CT molecular complexity index is 2510. The molecule has 16 nitrogen and oxygen atoms in total. The number of imidazole rings is 2. The number of aromatic amines is 2. The van der Waals surface area contributed by atoms with E-state index in [9.17, 15) is 19.2 Å². The molecule has 2 fully saturated rings. The molecular formula is C45H50N10O6. The second-order valence-corrected chi connectivity index (χ2v) is 15.7. The summed E-state index contributed by atoms with van der Waals surface area (Å²) < 4.78 is 11.0. The van der Waals surface area contributed by atoms with Crippen molar-refractivity contribution < 1.29 is 28.3 Å². The van der Waals surface area contributed by atoms with Gasteiger partial charge >= 0.3 is 12.1 Å². The average Bonchev–Trinajstić information content (AvgIpc) is 4.13. The summed E-state index contributed by atoms with van der Waals surface area (Å²) in [7, 11) is 1.28. The fourth-order valence-corrected chi connectivity index (χ4v) is 8.26. The van der Waals surface area contributed by atoms with Crippen LogP contribution in [0.15, 0.2) is 89.6 Å². The van der Waals surface area contributed by atoms with Crippen LogP contribution in [-0.2, 0) is 14.3 Å². The highest BCUT2D eigenvalue weighted by Gasteiger charge is 2.38. The number of methoxy groups -OCH3 is 1. The first-order chi connectivity index (χ1) is 29.6. The van der Waals surface area contributed by atoms with Crippen LogP contribution in [0.1, 0.15) is 81.8 Å². The van der Waals surface area contributed by atoms with E-state index in [4.69, 9.17) is 19.1 Å². The maximum absolute atomic E-state index is 14.0. The van der Waals surface area contributed by atoms with Crippen molar-refractivity contribution >= 4 is 35.0 Å². The molecule has 0 radical (unpaired) electrons. The number of H-pyrrole nitrogens is 2. The molecule has 61 heavy (non-hydrogen) atoms. The Morgan fingerprint density at radius 3 is 2.03 bits per heavy atom. The molecule has 0 bridgehead atoms. The third-order valence-corrected chi connectivity index (χ3v) is 11.4. The number of hydrogen-bond acceptors (Lipinski definition) is 9. The first-order valence-corrected chi connectivity index (χ1v) is 20.8. The minimum atomic E-state index is -0.838. The van der Waals surface area contributed by atoms with E-state index in [1.165, 1.54) is 7.11 Å². The minimum Gasteiger partial charge on any atom is -0.453 e. The number of aromatic nitrogens is 5. The first-order valence-electron chi connectivity index (χ1n) is 20.8. The van der Waals surface area contributed by atoms with Crippen molar-refractivity contribution in [2.75, 3.05) is 26.7 Å². The van der Waals surface area contributed by atoms with Gasteiger partial charge in [0.05, 0.1) is 43.0 Å². The molecule has 3 aromatic heterocycles. The standard InChI is InChI=1S/C45H50N10O6/c1-5-46-44(58)52-38(28-11-7-6-8-12-28)43(57)55-22-10-14-35(55)40-48-25-33(50-40)30-19-20-31-36(23-30)61-41(51-31)29-17-15-27(16-18-29)32-24-47-39(49-32)34-13-9-21-54(34)42(56)37(26(2)3)53-45(59)60-4/h6-8,11-12,15-20,23-26,34-35,37-38H,5,9-10,13-14,21-22H2,1-4H3,(H,47,49)(H,48,50)(H,53,59)(H2,46,52,58). The number of carbonyl (C=O) groups is 4. The van der Waals surface area contributed by atoms with Gasteiger partial charge in [0.2, 0.25) is 17.7 Å². The van der Waals surface area contributed by atoms with Crippen LogP contribution < -0.4 is 16.0 Å². The van der Waals surface area contributed by atoms with E-state index in [0.717, 1.165) is 53.8 Å². The van der Waals surface area contributed by atoms with E-state index in [2.05, 4.69) is 30.9 Å². The van der Waals surface area contributed by atoms with Crippen molar-refractivity contribution in [1.82, 2.24) is 50.7 Å². The van der Waals surface area contributed by atoms with Crippen molar-refractivity contribution in [2.24, 2.45) is 5.92 Å². The molecule has 4 atom stereocenters. The second kappa shape index (κ2) is 17.7. The fraction of sp³-hybridized carbons (Fsp3) is 0.356. The van der Waals surface area contributed by atoms with E-state index in [1.807, 2.05) is 93.6 Å². The van der Waals surface area contributed by atoms with E-state index >= 15 is 0 Å². The van der Waals surface area contributed by atoms with Gasteiger partial charge in [0.25, 0.3) is 0 Å². The molecule has 0 spiro atoms. The summed E-state index contributed by atoms with van der Waals surface area (Å²) in [5.74, 6) is 1.38. The van der Waals surface area contributed by atoms with Gasteiger partial charge in [-0.05, 0) is 73.9 Å². The fourth-order valence-electron chi connectivity index (χ4n) is 8.26. The molecule has 8 rings (SSSR count). The number of hydrogen-bond donors (Lipinski definition) is 5. The highest BCUT2D eigenvalue weighted by atomic mass is 16.5. The number of urea groups is 1. The van der Waals surface area contributed by atoms with Gasteiger partial charge in [-0.1, -0.05) is 62.4 Å². The van der Waals surface area contributed by atoms with Crippen LogP contribution in [0.3, 0.4) is 0 Å². The molecule has 2 aliphatic rings. The van der Waals surface area contributed by atoms with Gasteiger partial charge in [-0.3, -0.25) is 9.59 Å². The number of amides is 5. The largest absolute Gasteiger partial charge is 0.453 e. The molecule has 5 amide bonds. The minimum absolute atomic E-state index is 0.120. The van der Waals surface area contributed by atoms with Crippen LogP contribution in [0.25, 0.3) is 45.1 Å². The predicted molar refractivity (Wildman–Crippen MR) is 228 cm³/mol. The molecule has 0 aliphatic carbocycles. The van der Waals surface area contributed by atoms with Crippen LogP contribution in [0.5, 0.6) is 0 Å². The van der Waals surface area contributed by atoms with Crippen molar-refractivity contribution in [3.63, 3.8) is 0 Å². The van der Waals surface area contributed by atoms with Crippen LogP contribution in [0, 0.1) is 5.92 Å². The zero-order valence-electron chi connectivity index (χ0n) is 34.6. The van der Waals surface area contributed by atoms with Crippen molar-refractivity contribution in [3.05, 3.63) is 102 Å². The van der Waals surface area contributed by atoms with Crippen LogP contribution in [-0.4, -0.2) is 91.4 Å². The molecule has 6 aromatic rings. The summed E-state index contributed by atoms with van der Waals surface area (Å²) >= 11 is 0. The molecule has 5 N–H and O–H groups in total. The summed E-state index contributed by atoms with van der Waals surface area (Å²) in [6.45, 7) is 7.19. The number of nitrogens with one attached hydrogen (secondary N) is 5. The van der Waals surface area contributed by atoms with Crippen LogP contribution in [0.2, 0.25) is 0 Å². The van der Waals surface area contributed by atoms with Gasteiger partial charge in [-0.25, -0.2) is 24.5 Å². The average molecular weight is 827 g/mol. The van der Waals surface area contributed by atoms with Gasteiger partial charge in [-0.15, -0.1) is 0 Å². The maximum Gasteiger partial charge on any atom is 0.407 e. The zero-order chi connectivity index (χ0) is 42.6. The smallest absolute Gasteiger partial charge is 0.407 e. The Hall–Kier alpha value is -6.97. The lowest BCUT2D eigenvalue weighted by Gasteiger charge is -2.30. The van der Waals surface area contributed by atoms with Gasteiger partial charge < -0.3 is 44.9 Å². The molecule has 0 saturated carbocycles. The number of alkyl carbamates (subject to hydrolysis) is 1. The summed E-state index contributed by atoms with van der Waals surface area (Å²) in [5, 5.41) is 8.29. The van der Waals surface area contributed by atoms with Crippen molar-refractivity contribution in [3.8, 4) is 34.0 Å². The van der Waals surface area contributed by atoms with Gasteiger partial charge in [0.15, 0.2) is 5.58 Å². The second-order valence-electron chi connectivity index (χ2n) is 15.7. The number of carbonyl (C=O) groups excluding carboxylic acids is 4. The molecule has 2 aliphatic heterocycles. The summed E-state index contributed by atoms with van der Waals surface area (Å²) in [4.78, 5) is 76.8. The number of benzene rings is 3. The summed E-state index contributed by atoms with van der Waals surface area (Å²) in [5.41, 5.74) is 6.19. The monoisotopic (exact) mass is 826 g/mol. The molecule has 316 valence electrons. The van der Waals surface area contributed by atoms with E-state index in [0.29, 0.717) is 53.8 Å². The number of ether oxygens (including phenoxy) is 1.